The van der Waals surface area contributed by atoms with Gasteiger partial charge in [-0.2, -0.15) is 0 Å². The predicted molar refractivity (Wildman–Crippen MR) is 239 cm³/mol. The second-order valence-corrected chi connectivity index (χ2v) is 14.6. The Labute approximate surface area is 325 Å². The number of rotatable bonds is 6. The summed E-state index contributed by atoms with van der Waals surface area (Å²) in [7, 11) is 0. The number of hydrogen-bond acceptors (Lipinski definition) is 1. The third-order valence-electron chi connectivity index (χ3n) is 11.3. The molecule has 2 heteroatoms. The van der Waals surface area contributed by atoms with Crippen molar-refractivity contribution in [1.82, 2.24) is 4.57 Å². The average Bonchev–Trinajstić information content (AvgIpc) is 3.60. The zero-order valence-electron chi connectivity index (χ0n) is 30.7. The van der Waals surface area contributed by atoms with Gasteiger partial charge in [0.05, 0.1) is 11.0 Å². The highest BCUT2D eigenvalue weighted by Crippen LogP contribution is 2.42. The molecule has 1 heterocycles. The van der Waals surface area contributed by atoms with E-state index in [2.05, 4.69) is 228 Å². The summed E-state index contributed by atoms with van der Waals surface area (Å²) in [5.41, 5.74) is 11.7. The van der Waals surface area contributed by atoms with Gasteiger partial charge in [0.1, 0.15) is 0 Å². The van der Waals surface area contributed by atoms with Crippen LogP contribution in [-0.4, -0.2) is 4.57 Å². The molecule has 0 unspecified atom stereocenters. The highest BCUT2D eigenvalue weighted by atomic mass is 15.1. The lowest BCUT2D eigenvalue weighted by atomic mass is 9.96. The van der Waals surface area contributed by atoms with Crippen molar-refractivity contribution in [3.05, 3.63) is 218 Å². The molecular weight excluding hydrogens is 677 g/mol. The van der Waals surface area contributed by atoms with Crippen molar-refractivity contribution in [2.24, 2.45) is 0 Å². The van der Waals surface area contributed by atoms with Crippen LogP contribution in [0, 0.1) is 0 Å². The second-order valence-electron chi connectivity index (χ2n) is 14.6. The molecule has 0 aliphatic carbocycles. The normalized spacial score (nSPS) is 11.6. The number of benzene rings is 10. The van der Waals surface area contributed by atoms with E-state index < -0.39 is 0 Å². The second kappa shape index (κ2) is 13.2. The molecule has 0 saturated heterocycles. The third-order valence-corrected chi connectivity index (χ3v) is 11.3. The molecule has 2 nitrogen and oxygen atoms in total. The van der Waals surface area contributed by atoms with Crippen LogP contribution in [0.25, 0.3) is 82.1 Å². The van der Waals surface area contributed by atoms with Crippen LogP contribution < -0.4 is 4.90 Å². The van der Waals surface area contributed by atoms with E-state index in [9.17, 15) is 0 Å². The minimum atomic E-state index is 1.11. The molecule has 0 N–H and O–H groups in total. The molecule has 0 fully saturated rings. The first-order valence-corrected chi connectivity index (χ1v) is 19.2. The summed E-state index contributed by atoms with van der Waals surface area (Å²) in [6.45, 7) is 0. The summed E-state index contributed by atoms with van der Waals surface area (Å²) in [6.07, 6.45) is 0. The zero-order valence-corrected chi connectivity index (χ0v) is 30.7. The minimum absolute atomic E-state index is 1.11. The van der Waals surface area contributed by atoms with Crippen molar-refractivity contribution in [3.63, 3.8) is 0 Å². The summed E-state index contributed by atoms with van der Waals surface area (Å²) in [6, 6.07) is 79.6. The molecule has 0 bridgehead atoms. The number of nitrogens with zero attached hydrogens (tertiary/aromatic N) is 2. The van der Waals surface area contributed by atoms with E-state index in [0.717, 1.165) is 22.7 Å². The summed E-state index contributed by atoms with van der Waals surface area (Å²) >= 11 is 0. The van der Waals surface area contributed by atoms with Gasteiger partial charge in [-0.1, -0.05) is 140 Å². The third kappa shape index (κ3) is 5.51. The molecule has 0 spiro atoms. The van der Waals surface area contributed by atoms with E-state index >= 15 is 0 Å². The molecule has 10 aromatic carbocycles. The number of fused-ring (bicyclic) bond motifs is 6. The van der Waals surface area contributed by atoms with Gasteiger partial charge >= 0.3 is 0 Å². The van der Waals surface area contributed by atoms with E-state index in [4.69, 9.17) is 0 Å². The van der Waals surface area contributed by atoms with Gasteiger partial charge in [-0.15, -0.1) is 0 Å². The predicted octanol–water partition coefficient (Wildman–Crippen LogP) is 15.0. The van der Waals surface area contributed by atoms with Crippen molar-refractivity contribution >= 4 is 71.2 Å². The Morgan fingerprint density at radius 3 is 1.46 bits per heavy atom. The van der Waals surface area contributed by atoms with Crippen LogP contribution >= 0.6 is 0 Å². The first-order valence-electron chi connectivity index (χ1n) is 19.2. The molecule has 0 aliphatic rings. The van der Waals surface area contributed by atoms with Crippen molar-refractivity contribution in [1.29, 1.82) is 0 Å². The van der Waals surface area contributed by atoms with Crippen LogP contribution in [0.3, 0.4) is 0 Å². The molecule has 0 aliphatic heterocycles. The Kier molecular flexibility index (Phi) is 7.53. The smallest absolute Gasteiger partial charge is 0.0542 e. The number of para-hydroxylation sites is 2. The molecule has 0 radical (unpaired) electrons. The lowest BCUT2D eigenvalue weighted by Gasteiger charge is -2.26. The Hall–Kier alpha value is -7.42. The van der Waals surface area contributed by atoms with Crippen LogP contribution in [0.2, 0.25) is 0 Å². The van der Waals surface area contributed by atoms with Crippen molar-refractivity contribution in [2.75, 3.05) is 4.90 Å². The minimum Gasteiger partial charge on any atom is -0.310 e. The molecule has 56 heavy (non-hydrogen) atoms. The standard InChI is InChI=1S/C54H36N2/c1-2-16-47(17-3-1)56-53-20-9-8-19-51(53)52-36-50(29-30-54(52)56)55(49-28-27-38-12-5-7-14-40(38)34-49)48-18-10-15-41(35-48)42-23-24-46-33-45(26-25-44(46)32-42)43-22-21-37-11-4-6-13-39(37)31-43/h1-36H. The fourth-order valence-electron chi connectivity index (χ4n) is 8.52. The van der Waals surface area contributed by atoms with E-state index in [1.54, 1.807) is 0 Å². The van der Waals surface area contributed by atoms with Gasteiger partial charge in [0.25, 0.3) is 0 Å². The molecule has 11 aromatic rings. The Balaban J connectivity index is 1.03. The maximum atomic E-state index is 2.40. The van der Waals surface area contributed by atoms with E-state index in [0.29, 0.717) is 0 Å². The highest BCUT2D eigenvalue weighted by molar-refractivity contribution is 6.11. The van der Waals surface area contributed by atoms with Crippen LogP contribution in [0.5, 0.6) is 0 Å². The summed E-state index contributed by atoms with van der Waals surface area (Å²) in [5, 5.41) is 9.88. The monoisotopic (exact) mass is 712 g/mol. The fourth-order valence-corrected chi connectivity index (χ4v) is 8.52. The van der Waals surface area contributed by atoms with Crippen LogP contribution in [0.1, 0.15) is 0 Å². The van der Waals surface area contributed by atoms with Crippen molar-refractivity contribution < 1.29 is 0 Å². The summed E-state index contributed by atoms with van der Waals surface area (Å²) in [4.78, 5) is 2.40. The van der Waals surface area contributed by atoms with Gasteiger partial charge in [-0.25, -0.2) is 0 Å². The van der Waals surface area contributed by atoms with E-state index in [1.807, 2.05) is 0 Å². The Morgan fingerprint density at radius 2 is 0.750 bits per heavy atom. The van der Waals surface area contributed by atoms with Crippen LogP contribution in [0.15, 0.2) is 218 Å². The van der Waals surface area contributed by atoms with Gasteiger partial charge < -0.3 is 9.47 Å². The largest absolute Gasteiger partial charge is 0.310 e. The molecular formula is C54H36N2. The van der Waals surface area contributed by atoms with Gasteiger partial charge in [-0.05, 0) is 133 Å². The molecule has 0 amide bonds. The van der Waals surface area contributed by atoms with Crippen molar-refractivity contribution in [2.45, 2.75) is 0 Å². The first-order chi connectivity index (χ1) is 27.7. The lowest BCUT2D eigenvalue weighted by molar-refractivity contribution is 1.18. The fraction of sp³-hybridized carbons (Fsp3) is 0. The van der Waals surface area contributed by atoms with Crippen molar-refractivity contribution in [3.8, 4) is 27.9 Å². The van der Waals surface area contributed by atoms with Gasteiger partial charge in [0.15, 0.2) is 0 Å². The molecule has 11 rings (SSSR count). The van der Waals surface area contributed by atoms with E-state index in [1.165, 1.54) is 76.4 Å². The van der Waals surface area contributed by atoms with Crippen LogP contribution in [0.4, 0.5) is 17.1 Å². The first kappa shape index (κ1) is 32.0. The van der Waals surface area contributed by atoms with Gasteiger partial charge in [0.2, 0.25) is 0 Å². The molecule has 1 aromatic heterocycles. The zero-order chi connectivity index (χ0) is 37.0. The highest BCUT2D eigenvalue weighted by Gasteiger charge is 2.18. The number of aromatic nitrogens is 1. The van der Waals surface area contributed by atoms with Gasteiger partial charge in [-0.3, -0.25) is 0 Å². The Bertz CT molecular complexity index is 3260. The summed E-state index contributed by atoms with van der Waals surface area (Å²) < 4.78 is 2.37. The summed E-state index contributed by atoms with van der Waals surface area (Å²) in [5.74, 6) is 0. The quantitative estimate of drug-likeness (QED) is 0.167. The number of hydrogen-bond donors (Lipinski definition) is 0. The maximum absolute atomic E-state index is 2.40. The maximum Gasteiger partial charge on any atom is 0.0542 e. The number of anilines is 3. The topological polar surface area (TPSA) is 8.17 Å². The van der Waals surface area contributed by atoms with E-state index in [-0.39, 0.29) is 0 Å². The van der Waals surface area contributed by atoms with Crippen LogP contribution in [-0.2, 0) is 0 Å². The SMILES string of the molecule is c1ccc(-n2c3ccccc3c3cc(N(c4cccc(-c5ccc6cc(-c7ccc8ccccc8c7)ccc6c5)c4)c4ccc5ccccc5c4)ccc32)cc1. The van der Waals surface area contributed by atoms with Gasteiger partial charge in [0, 0.05) is 33.5 Å². The average molecular weight is 713 g/mol. The molecule has 262 valence electrons. The molecule has 0 saturated carbocycles. The lowest BCUT2D eigenvalue weighted by Crippen LogP contribution is -2.10. The molecule has 0 atom stereocenters. The Morgan fingerprint density at radius 1 is 0.268 bits per heavy atom.